The average Bonchev–Trinajstić information content (AvgIpc) is 3.06. The number of halogens is 7. The number of alkyl halides is 6. The molecule has 3 fully saturated rings. The second-order valence-corrected chi connectivity index (χ2v) is 12.5. The molecule has 2 bridgehead atoms. The quantitative estimate of drug-likeness (QED) is 0.115. The van der Waals surface area contributed by atoms with Crippen molar-refractivity contribution in [3.05, 3.63) is 102 Å². The molecule has 48 heavy (non-hydrogen) atoms. The Morgan fingerprint density at radius 1 is 1.00 bits per heavy atom. The molecule has 252 valence electrons. The summed E-state index contributed by atoms with van der Waals surface area (Å²) in [6.07, 6.45) is -6.39. The molecule has 7 rings (SSSR count). The van der Waals surface area contributed by atoms with Gasteiger partial charge in [-0.05, 0) is 116 Å². The van der Waals surface area contributed by atoms with Crippen molar-refractivity contribution >= 4 is 33.9 Å². The molecule has 0 spiro atoms. The van der Waals surface area contributed by atoms with Gasteiger partial charge in [0.15, 0.2) is 5.11 Å². The molecule has 3 saturated heterocycles. The first-order chi connectivity index (χ1) is 22.7. The van der Waals surface area contributed by atoms with Crippen LogP contribution < -0.4 is 15.4 Å². The molecule has 5 nitrogen and oxygen atoms in total. The lowest BCUT2D eigenvalue weighted by Gasteiger charge is -2.52. The number of ether oxygens (including phenoxy) is 1. The number of pyridine rings is 1. The first kappa shape index (κ1) is 33.7. The third kappa shape index (κ3) is 6.98. The van der Waals surface area contributed by atoms with Gasteiger partial charge in [0.1, 0.15) is 11.6 Å². The molecule has 0 amide bonds. The Balaban J connectivity index is 1.45. The fraction of sp³-hybridized carbons (Fsp3) is 0.314. The zero-order valence-electron chi connectivity index (χ0n) is 25.6. The van der Waals surface area contributed by atoms with Gasteiger partial charge >= 0.3 is 12.4 Å². The largest absolute Gasteiger partial charge is 0.497 e. The minimum Gasteiger partial charge on any atom is -0.497 e. The van der Waals surface area contributed by atoms with Crippen molar-refractivity contribution < 1.29 is 35.5 Å². The minimum absolute atomic E-state index is 0.0694. The van der Waals surface area contributed by atoms with Crippen LogP contribution in [-0.2, 0) is 12.4 Å². The van der Waals surface area contributed by atoms with E-state index in [1.54, 1.807) is 24.3 Å². The third-order valence-electron chi connectivity index (χ3n) is 9.19. The third-order valence-corrected chi connectivity index (χ3v) is 9.41. The molecule has 3 aliphatic rings. The van der Waals surface area contributed by atoms with Crippen LogP contribution in [0.5, 0.6) is 5.75 Å². The number of hydrogen-bond donors (Lipinski definition) is 2. The van der Waals surface area contributed by atoms with Crippen LogP contribution in [0.3, 0.4) is 0 Å². The minimum atomic E-state index is -5.02. The molecular formula is C35H31F7N4OS. The molecule has 0 saturated carbocycles. The zero-order chi connectivity index (χ0) is 34.4. The summed E-state index contributed by atoms with van der Waals surface area (Å²) in [7, 11) is 1.53. The van der Waals surface area contributed by atoms with Gasteiger partial charge in [-0.15, -0.1) is 6.58 Å². The Bertz CT molecular complexity index is 1810. The Hall–Kier alpha value is -4.23. The lowest BCUT2D eigenvalue weighted by atomic mass is 9.73. The van der Waals surface area contributed by atoms with Gasteiger partial charge in [-0.2, -0.15) is 26.3 Å². The fourth-order valence-electron chi connectivity index (χ4n) is 6.82. The van der Waals surface area contributed by atoms with Gasteiger partial charge in [0.05, 0.1) is 35.5 Å². The van der Waals surface area contributed by atoms with E-state index in [0.717, 1.165) is 31.5 Å². The van der Waals surface area contributed by atoms with Crippen LogP contribution in [0.4, 0.5) is 36.4 Å². The summed E-state index contributed by atoms with van der Waals surface area (Å²) in [6, 6.07) is 13.6. The summed E-state index contributed by atoms with van der Waals surface area (Å²) in [5.74, 6) is 0.739. The highest BCUT2D eigenvalue weighted by atomic mass is 32.1. The van der Waals surface area contributed by atoms with E-state index >= 15 is 0 Å². The number of thiocarbonyl (C=S) groups is 1. The Labute approximate surface area is 277 Å². The highest BCUT2D eigenvalue weighted by molar-refractivity contribution is 7.80. The van der Waals surface area contributed by atoms with E-state index in [1.165, 1.54) is 19.2 Å². The van der Waals surface area contributed by atoms with Gasteiger partial charge in [-0.1, -0.05) is 6.08 Å². The fourth-order valence-corrected chi connectivity index (χ4v) is 7.07. The topological polar surface area (TPSA) is 49.4 Å². The maximum atomic E-state index is 13.8. The number of anilines is 1. The highest BCUT2D eigenvalue weighted by Gasteiger charge is 2.43. The first-order valence-electron chi connectivity index (χ1n) is 15.2. The molecule has 0 radical (unpaired) electrons. The van der Waals surface area contributed by atoms with Crippen molar-refractivity contribution in [1.82, 2.24) is 15.2 Å². The van der Waals surface area contributed by atoms with E-state index in [9.17, 15) is 30.7 Å². The Morgan fingerprint density at radius 3 is 2.27 bits per heavy atom. The maximum Gasteiger partial charge on any atom is 0.416 e. The number of hydrogen-bond acceptors (Lipinski definition) is 4. The average molecular weight is 689 g/mol. The van der Waals surface area contributed by atoms with Crippen LogP contribution in [-0.4, -0.2) is 41.2 Å². The molecule has 3 aromatic carbocycles. The second-order valence-electron chi connectivity index (χ2n) is 12.1. The van der Waals surface area contributed by atoms with Crippen molar-refractivity contribution in [2.75, 3.05) is 25.5 Å². The van der Waals surface area contributed by atoms with Crippen LogP contribution in [0, 0.1) is 17.7 Å². The van der Waals surface area contributed by atoms with Crippen LogP contribution in [0.25, 0.3) is 22.2 Å². The number of aromatic nitrogens is 1. The first-order valence-corrected chi connectivity index (χ1v) is 15.6. The molecule has 1 aromatic heterocycles. The molecular weight excluding hydrogens is 657 g/mol. The molecule has 4 aromatic rings. The van der Waals surface area contributed by atoms with E-state index in [2.05, 4.69) is 22.1 Å². The van der Waals surface area contributed by atoms with E-state index in [-0.39, 0.29) is 23.1 Å². The van der Waals surface area contributed by atoms with Crippen LogP contribution in [0.2, 0.25) is 0 Å². The van der Waals surface area contributed by atoms with Gasteiger partial charge in [0, 0.05) is 29.2 Å². The standard InChI is InChI=1S/C35H31F7N4OS/c1-3-19-18-46-11-10-21(19)12-31(46)32(45-33(48)43-25-14-22(34(37,38)39)13-23(15-25)35(40,41)42)28-17-30(20-4-6-24(36)7-5-20)44-29-9-8-26(47-2)16-27(28)29/h3-9,13-17,19,21,31-32H,1,10-12,18H2,2H3,(H2,43,45,48)/t19?,21?,31?,32-/m1/s1. The smallest absolute Gasteiger partial charge is 0.416 e. The number of nitrogens with one attached hydrogen (secondary N) is 2. The van der Waals surface area contributed by atoms with E-state index in [0.29, 0.717) is 46.0 Å². The van der Waals surface area contributed by atoms with Crippen LogP contribution >= 0.6 is 12.2 Å². The van der Waals surface area contributed by atoms with Gasteiger partial charge in [-0.3, -0.25) is 4.90 Å². The summed E-state index contributed by atoms with van der Waals surface area (Å²) in [4.78, 5) is 7.14. The van der Waals surface area contributed by atoms with Crippen LogP contribution in [0.1, 0.15) is 35.6 Å². The molecule has 4 heterocycles. The maximum absolute atomic E-state index is 13.8. The number of methoxy groups -OCH3 is 1. The van der Waals surface area contributed by atoms with Crippen molar-refractivity contribution in [3.63, 3.8) is 0 Å². The number of nitrogens with zero attached hydrogens (tertiary/aromatic N) is 2. The summed E-state index contributed by atoms with van der Waals surface area (Å²) in [6.45, 7) is 5.53. The van der Waals surface area contributed by atoms with Crippen molar-refractivity contribution in [1.29, 1.82) is 0 Å². The van der Waals surface area contributed by atoms with Gasteiger partial charge < -0.3 is 15.4 Å². The Morgan fingerprint density at radius 2 is 1.69 bits per heavy atom. The lowest BCUT2D eigenvalue weighted by Crippen LogP contribution is -2.57. The van der Waals surface area contributed by atoms with Crippen LogP contribution in [0.15, 0.2) is 79.4 Å². The molecule has 5 atom stereocenters. The van der Waals surface area contributed by atoms with E-state index in [4.69, 9.17) is 21.9 Å². The molecule has 13 heteroatoms. The van der Waals surface area contributed by atoms with Crippen molar-refractivity contribution in [2.24, 2.45) is 11.8 Å². The molecule has 4 unspecified atom stereocenters. The second kappa shape index (κ2) is 13.0. The Kier molecular flexibility index (Phi) is 9.12. The van der Waals surface area contributed by atoms with Gasteiger partial charge in [0.25, 0.3) is 0 Å². The normalized spacial score (nSPS) is 21.5. The monoisotopic (exact) mass is 688 g/mol. The zero-order valence-corrected chi connectivity index (χ0v) is 26.4. The SMILES string of the molecule is C=CC1CN2CCC1CC2[C@H](NC(=S)Nc1cc(C(F)(F)F)cc(C(F)(F)F)c1)c1cc(-c2ccc(F)cc2)nc2ccc(OC)cc12. The molecule has 3 aliphatic heterocycles. The predicted molar refractivity (Wildman–Crippen MR) is 174 cm³/mol. The van der Waals surface area contributed by atoms with Crippen molar-refractivity contribution in [3.8, 4) is 17.0 Å². The predicted octanol–water partition coefficient (Wildman–Crippen LogP) is 9.01. The summed E-state index contributed by atoms with van der Waals surface area (Å²) >= 11 is 5.60. The van der Waals surface area contributed by atoms with Gasteiger partial charge in [0.2, 0.25) is 0 Å². The van der Waals surface area contributed by atoms with E-state index < -0.39 is 41.0 Å². The molecule has 2 N–H and O–H groups in total. The lowest BCUT2D eigenvalue weighted by molar-refractivity contribution is -0.143. The number of piperidine rings is 3. The van der Waals surface area contributed by atoms with Gasteiger partial charge in [-0.25, -0.2) is 9.37 Å². The summed E-state index contributed by atoms with van der Waals surface area (Å²) in [5.41, 5.74) is -0.848. The van der Waals surface area contributed by atoms with E-state index in [1.807, 2.05) is 18.2 Å². The number of benzene rings is 3. The summed E-state index contributed by atoms with van der Waals surface area (Å²) < 4.78 is 101. The molecule has 0 aliphatic carbocycles. The number of fused-ring (bicyclic) bond motifs is 4. The van der Waals surface area contributed by atoms with Crippen molar-refractivity contribution in [2.45, 2.75) is 37.3 Å². The summed E-state index contributed by atoms with van der Waals surface area (Å²) in [5, 5.41) is 6.41. The highest BCUT2D eigenvalue weighted by Crippen LogP contribution is 2.44. The number of rotatable bonds is 7.